The molecule has 6 heteroatoms. The van der Waals surface area contributed by atoms with Crippen molar-refractivity contribution in [2.45, 2.75) is 131 Å². The summed E-state index contributed by atoms with van der Waals surface area (Å²) in [6.45, 7) is 34.6. The molecule has 8 rings (SSSR count). The number of para-hydroxylation sites is 1. The molecule has 0 amide bonds. The minimum atomic E-state index is -0.135. The van der Waals surface area contributed by atoms with Crippen molar-refractivity contribution in [2.24, 2.45) is 0 Å². The van der Waals surface area contributed by atoms with Crippen molar-refractivity contribution in [3.05, 3.63) is 131 Å². The van der Waals surface area contributed by atoms with Gasteiger partial charge in [-0.1, -0.05) is 158 Å². The number of benzene rings is 5. The Morgan fingerprint density at radius 2 is 0.879 bits per heavy atom. The van der Waals surface area contributed by atoms with Crippen molar-refractivity contribution in [3.63, 3.8) is 0 Å². The van der Waals surface area contributed by atoms with Gasteiger partial charge in [-0.3, -0.25) is 4.90 Å². The molecule has 58 heavy (non-hydrogen) atoms. The van der Waals surface area contributed by atoms with E-state index < -0.39 is 0 Å². The molecule has 6 aromatic rings. The summed E-state index contributed by atoms with van der Waals surface area (Å²) in [7, 11) is 0. The number of hydrogen-bond acceptors (Lipinski definition) is 4. The summed E-state index contributed by atoms with van der Waals surface area (Å²) >= 11 is 0. The molecule has 0 saturated heterocycles. The van der Waals surface area contributed by atoms with E-state index in [1.54, 1.807) is 0 Å². The van der Waals surface area contributed by atoms with E-state index in [2.05, 4.69) is 221 Å². The van der Waals surface area contributed by atoms with Gasteiger partial charge in [0.2, 0.25) is 0 Å². The average Bonchev–Trinajstić information content (AvgIpc) is 3.57. The van der Waals surface area contributed by atoms with E-state index >= 15 is 0 Å². The van der Waals surface area contributed by atoms with Crippen LogP contribution in [0.4, 0.5) is 34.3 Å². The van der Waals surface area contributed by atoms with Crippen molar-refractivity contribution in [3.8, 4) is 5.69 Å². The zero-order valence-corrected chi connectivity index (χ0v) is 37.6. The third kappa shape index (κ3) is 6.76. The van der Waals surface area contributed by atoms with Crippen molar-refractivity contribution in [2.75, 3.05) is 9.80 Å². The van der Waals surface area contributed by atoms with Gasteiger partial charge in [-0.25, -0.2) is 0 Å². The SMILES string of the molecule is CC(C)(C)c1cc(N2c3ccc(C(C)(C)C)cc3B3c4nnn(-c5ccccc5)c4N(c4cc(C(C)(C)C)cc(C(C)(C)C)c4)c4cccc2c43)cc(C(C)(C)C)c1. The highest BCUT2D eigenvalue weighted by atomic mass is 15.5. The number of aromatic nitrogens is 3. The molecule has 0 spiro atoms. The number of fused-ring (bicyclic) bond motifs is 4. The summed E-state index contributed by atoms with van der Waals surface area (Å²) in [5.74, 6) is 0.983. The molecule has 0 saturated carbocycles. The molecular formula is C52H62BN5. The minimum absolute atomic E-state index is 0.0339. The summed E-state index contributed by atoms with van der Waals surface area (Å²) in [6.07, 6.45) is 0. The van der Waals surface area contributed by atoms with Crippen LogP contribution < -0.4 is 26.3 Å². The van der Waals surface area contributed by atoms with E-state index in [9.17, 15) is 0 Å². The standard InChI is InChI=1S/C52H62BN5/c1-48(2,3)33-24-25-42-41(32-33)53-45-43(56(42)39-28-34(49(4,5)6)26-35(29-39)50(7,8)9)22-19-23-44(45)57(47-46(53)54-55-58(47)38-20-17-16-18-21-38)40-30-36(51(10,11)12)27-37(31-40)52(13,14)15/h16-32H,1-15H3. The molecule has 0 fully saturated rings. The average molecular weight is 768 g/mol. The summed E-state index contributed by atoms with van der Waals surface area (Å²) in [5.41, 5.74) is 16.6. The Kier molecular flexibility index (Phi) is 9.05. The highest BCUT2D eigenvalue weighted by Crippen LogP contribution is 2.47. The summed E-state index contributed by atoms with van der Waals surface area (Å²) in [6, 6.07) is 39.0. The second-order valence-corrected chi connectivity index (χ2v) is 21.9. The maximum Gasteiger partial charge on any atom is 0.280 e. The van der Waals surface area contributed by atoms with Crippen LogP contribution in [0.25, 0.3) is 5.69 Å². The van der Waals surface area contributed by atoms with E-state index in [4.69, 9.17) is 10.3 Å². The maximum atomic E-state index is 5.21. The monoisotopic (exact) mass is 768 g/mol. The second kappa shape index (κ2) is 13.2. The number of hydrogen-bond donors (Lipinski definition) is 0. The molecule has 2 aliphatic rings. The fourth-order valence-corrected chi connectivity index (χ4v) is 8.55. The largest absolute Gasteiger partial charge is 0.311 e. The van der Waals surface area contributed by atoms with Gasteiger partial charge in [-0.15, -0.1) is 5.10 Å². The smallest absolute Gasteiger partial charge is 0.280 e. The Balaban J connectivity index is 1.51. The van der Waals surface area contributed by atoms with Gasteiger partial charge in [0.1, 0.15) is 0 Å². The predicted octanol–water partition coefficient (Wildman–Crippen LogP) is 11.8. The Morgan fingerprint density at radius 3 is 1.36 bits per heavy atom. The van der Waals surface area contributed by atoms with E-state index in [-0.39, 0.29) is 33.8 Å². The first-order valence-electron chi connectivity index (χ1n) is 21.1. The summed E-state index contributed by atoms with van der Waals surface area (Å²) < 4.78 is 2.06. The molecule has 0 unspecified atom stereocenters. The van der Waals surface area contributed by atoms with Crippen LogP contribution in [-0.2, 0) is 27.1 Å². The normalized spacial score (nSPS) is 14.4. The van der Waals surface area contributed by atoms with Crippen LogP contribution in [0.1, 0.15) is 132 Å². The fraction of sp³-hybridized carbons (Fsp3) is 0.385. The van der Waals surface area contributed by atoms with E-state index in [0.717, 1.165) is 28.5 Å². The zero-order valence-electron chi connectivity index (χ0n) is 37.6. The summed E-state index contributed by atoms with van der Waals surface area (Å²) in [4.78, 5) is 5.00. The molecule has 1 aromatic heterocycles. The first kappa shape index (κ1) is 39.7. The van der Waals surface area contributed by atoms with Crippen LogP contribution in [0, 0.1) is 0 Å². The lowest BCUT2D eigenvalue weighted by Gasteiger charge is -2.43. The van der Waals surface area contributed by atoms with Crippen LogP contribution in [0.5, 0.6) is 0 Å². The number of nitrogens with zero attached hydrogens (tertiary/aromatic N) is 5. The lowest BCUT2D eigenvalue weighted by molar-refractivity contribution is 0.568. The maximum absolute atomic E-state index is 5.21. The molecule has 0 bridgehead atoms. The molecule has 0 N–H and O–H groups in total. The van der Waals surface area contributed by atoms with Gasteiger partial charge in [0.25, 0.3) is 6.71 Å². The van der Waals surface area contributed by atoms with Gasteiger partial charge in [-0.05, 0) is 120 Å². The highest BCUT2D eigenvalue weighted by Gasteiger charge is 2.47. The Hall–Kier alpha value is -5.10. The van der Waals surface area contributed by atoms with Crippen molar-refractivity contribution >= 4 is 57.5 Å². The first-order chi connectivity index (χ1) is 26.9. The topological polar surface area (TPSA) is 37.2 Å². The van der Waals surface area contributed by atoms with Crippen LogP contribution in [-0.4, -0.2) is 21.7 Å². The number of rotatable bonds is 3. The van der Waals surface area contributed by atoms with Crippen LogP contribution in [0.15, 0.2) is 103 Å². The third-order valence-corrected chi connectivity index (χ3v) is 12.2. The minimum Gasteiger partial charge on any atom is -0.311 e. The molecule has 0 aliphatic carbocycles. The van der Waals surface area contributed by atoms with Gasteiger partial charge in [0, 0.05) is 28.4 Å². The van der Waals surface area contributed by atoms with Gasteiger partial charge < -0.3 is 4.90 Å². The van der Waals surface area contributed by atoms with E-state index in [1.807, 2.05) is 0 Å². The zero-order chi connectivity index (χ0) is 41.9. The van der Waals surface area contributed by atoms with Crippen molar-refractivity contribution in [1.82, 2.24) is 15.0 Å². The highest BCUT2D eigenvalue weighted by molar-refractivity contribution is 6.99. The number of anilines is 6. The molecule has 5 aromatic carbocycles. The molecule has 0 radical (unpaired) electrons. The lowest BCUT2D eigenvalue weighted by Crippen LogP contribution is -2.62. The van der Waals surface area contributed by atoms with Gasteiger partial charge in [0.15, 0.2) is 5.82 Å². The quantitative estimate of drug-likeness (QED) is 0.168. The van der Waals surface area contributed by atoms with E-state index in [1.165, 1.54) is 55.8 Å². The molecule has 2 aliphatic heterocycles. The van der Waals surface area contributed by atoms with Crippen molar-refractivity contribution in [1.29, 1.82) is 0 Å². The van der Waals surface area contributed by atoms with E-state index in [0.29, 0.717) is 0 Å². The Labute approximate surface area is 348 Å². The van der Waals surface area contributed by atoms with Crippen LogP contribution in [0.2, 0.25) is 0 Å². The molecule has 0 atom stereocenters. The second-order valence-electron chi connectivity index (χ2n) is 21.9. The van der Waals surface area contributed by atoms with Crippen molar-refractivity contribution < 1.29 is 0 Å². The van der Waals surface area contributed by atoms with Gasteiger partial charge in [-0.2, -0.15) is 4.68 Å². The van der Waals surface area contributed by atoms with Gasteiger partial charge in [0.05, 0.1) is 11.3 Å². The first-order valence-corrected chi connectivity index (χ1v) is 21.1. The summed E-state index contributed by atoms with van der Waals surface area (Å²) in [5, 5.41) is 10.2. The molecule has 3 heterocycles. The Morgan fingerprint density at radius 1 is 0.414 bits per heavy atom. The van der Waals surface area contributed by atoms with Gasteiger partial charge >= 0.3 is 0 Å². The molecular weight excluding hydrogens is 705 g/mol. The van der Waals surface area contributed by atoms with Crippen LogP contribution in [0.3, 0.4) is 0 Å². The fourth-order valence-electron chi connectivity index (χ4n) is 8.55. The lowest BCUT2D eigenvalue weighted by atomic mass is 9.35. The Bertz CT molecular complexity index is 2480. The predicted molar refractivity (Wildman–Crippen MR) is 249 cm³/mol. The third-order valence-electron chi connectivity index (χ3n) is 12.2. The molecule has 298 valence electrons. The van der Waals surface area contributed by atoms with Crippen LogP contribution >= 0.6 is 0 Å². The molecule has 5 nitrogen and oxygen atoms in total.